The van der Waals surface area contributed by atoms with Gasteiger partial charge in [0.2, 0.25) is 0 Å². The van der Waals surface area contributed by atoms with Crippen molar-refractivity contribution in [2.24, 2.45) is 5.92 Å². The van der Waals surface area contributed by atoms with Gasteiger partial charge in [0.05, 0.1) is 0 Å². The van der Waals surface area contributed by atoms with Crippen LogP contribution in [0.3, 0.4) is 0 Å². The maximum Gasteiger partial charge on any atom is 0.0364 e. The molecule has 0 nitrogen and oxygen atoms in total. The fraction of sp³-hybridized carbons (Fsp3) is 1.00. The Morgan fingerprint density at radius 2 is 1.19 bits per heavy atom. The molecule has 1 aliphatic rings. The van der Waals surface area contributed by atoms with Crippen LogP contribution < -0.4 is 0 Å². The third-order valence-corrected chi connectivity index (χ3v) is 5.82. The maximum atomic E-state index is 6.58. The Labute approximate surface area is 139 Å². The Bertz CT molecular complexity index is 208. The highest BCUT2D eigenvalue weighted by molar-refractivity contribution is 6.20. The zero-order chi connectivity index (χ0) is 15.2. The van der Waals surface area contributed by atoms with Crippen LogP contribution in [0.2, 0.25) is 0 Å². The standard InChI is InChI=1S/C20H39Cl/c1-2-3-4-5-6-7-8-9-10-11-15-18-20(21)19-16-13-12-14-17-19/h19-20H,2-18H2,1H3. The van der Waals surface area contributed by atoms with E-state index < -0.39 is 0 Å². The summed E-state index contributed by atoms with van der Waals surface area (Å²) >= 11 is 6.58. The molecule has 0 bridgehead atoms. The molecule has 0 saturated heterocycles. The lowest BCUT2D eigenvalue weighted by molar-refractivity contribution is 0.333. The van der Waals surface area contributed by atoms with Crippen molar-refractivity contribution in [1.82, 2.24) is 0 Å². The second-order valence-corrected chi connectivity index (χ2v) is 7.80. The van der Waals surface area contributed by atoms with Gasteiger partial charge in [0, 0.05) is 5.38 Å². The average molecular weight is 315 g/mol. The van der Waals surface area contributed by atoms with Gasteiger partial charge in [-0.25, -0.2) is 0 Å². The smallest absolute Gasteiger partial charge is 0.0364 e. The molecule has 0 radical (unpaired) electrons. The van der Waals surface area contributed by atoms with E-state index >= 15 is 0 Å². The van der Waals surface area contributed by atoms with E-state index in [9.17, 15) is 0 Å². The van der Waals surface area contributed by atoms with Crippen LogP contribution >= 0.6 is 11.6 Å². The minimum Gasteiger partial charge on any atom is -0.123 e. The van der Waals surface area contributed by atoms with E-state index in [1.165, 1.54) is 109 Å². The molecule has 0 aromatic heterocycles. The maximum absolute atomic E-state index is 6.58. The minimum atomic E-state index is 0.476. The monoisotopic (exact) mass is 314 g/mol. The van der Waals surface area contributed by atoms with Crippen molar-refractivity contribution in [3.05, 3.63) is 0 Å². The number of hydrogen-bond donors (Lipinski definition) is 0. The average Bonchev–Trinajstić information content (AvgIpc) is 2.53. The van der Waals surface area contributed by atoms with E-state index in [1.54, 1.807) is 0 Å². The van der Waals surface area contributed by atoms with Crippen LogP contribution in [0.4, 0.5) is 0 Å². The normalized spacial score (nSPS) is 18.0. The van der Waals surface area contributed by atoms with Crippen molar-refractivity contribution in [3.8, 4) is 0 Å². The molecule has 1 unspecified atom stereocenters. The Morgan fingerprint density at radius 1 is 0.714 bits per heavy atom. The number of halogens is 1. The molecule has 0 aromatic carbocycles. The van der Waals surface area contributed by atoms with Crippen molar-refractivity contribution in [2.75, 3.05) is 0 Å². The van der Waals surface area contributed by atoms with E-state index in [0.717, 1.165) is 5.92 Å². The topological polar surface area (TPSA) is 0 Å². The lowest BCUT2D eigenvalue weighted by atomic mass is 9.85. The van der Waals surface area contributed by atoms with Gasteiger partial charge in [-0.2, -0.15) is 0 Å². The van der Waals surface area contributed by atoms with Crippen molar-refractivity contribution >= 4 is 11.6 Å². The Morgan fingerprint density at radius 3 is 1.71 bits per heavy atom. The summed E-state index contributed by atoms with van der Waals surface area (Å²) in [6, 6.07) is 0. The third kappa shape index (κ3) is 10.6. The molecule has 1 fully saturated rings. The first kappa shape index (κ1) is 19.3. The minimum absolute atomic E-state index is 0.476. The molecule has 0 amide bonds. The zero-order valence-corrected chi connectivity index (χ0v) is 15.3. The Balaban J connectivity index is 1.79. The van der Waals surface area contributed by atoms with Crippen LogP contribution in [-0.4, -0.2) is 5.38 Å². The summed E-state index contributed by atoms with van der Waals surface area (Å²) in [4.78, 5) is 0. The van der Waals surface area contributed by atoms with Gasteiger partial charge in [-0.05, 0) is 25.2 Å². The molecule has 1 aliphatic carbocycles. The molecule has 1 heteroatoms. The Hall–Kier alpha value is 0.290. The quantitative estimate of drug-likeness (QED) is 0.239. The molecule has 0 aromatic rings. The summed E-state index contributed by atoms with van der Waals surface area (Å²) in [5.41, 5.74) is 0. The molecule has 0 spiro atoms. The molecule has 126 valence electrons. The van der Waals surface area contributed by atoms with Crippen molar-refractivity contribution in [3.63, 3.8) is 0 Å². The second kappa shape index (κ2) is 13.9. The highest BCUT2D eigenvalue weighted by atomic mass is 35.5. The number of hydrogen-bond acceptors (Lipinski definition) is 0. The number of unbranched alkanes of at least 4 members (excludes halogenated alkanes) is 10. The van der Waals surface area contributed by atoms with E-state index in [-0.39, 0.29) is 0 Å². The third-order valence-electron chi connectivity index (χ3n) is 5.24. The zero-order valence-electron chi connectivity index (χ0n) is 14.6. The number of rotatable bonds is 13. The summed E-state index contributed by atoms with van der Waals surface area (Å²) in [5.74, 6) is 0.837. The first-order valence-corrected chi connectivity index (χ1v) is 10.4. The summed E-state index contributed by atoms with van der Waals surface area (Å²) in [6.07, 6.45) is 24.1. The van der Waals surface area contributed by atoms with Gasteiger partial charge in [-0.1, -0.05) is 96.8 Å². The number of alkyl halides is 1. The fourth-order valence-corrected chi connectivity index (χ4v) is 4.14. The molecule has 1 rings (SSSR count). The summed E-state index contributed by atoms with van der Waals surface area (Å²) in [7, 11) is 0. The van der Waals surface area contributed by atoms with Gasteiger partial charge in [0.15, 0.2) is 0 Å². The van der Waals surface area contributed by atoms with Gasteiger partial charge in [-0.15, -0.1) is 11.6 Å². The largest absolute Gasteiger partial charge is 0.123 e. The predicted molar refractivity (Wildman–Crippen MR) is 97.3 cm³/mol. The van der Waals surface area contributed by atoms with E-state index in [2.05, 4.69) is 6.92 Å². The van der Waals surface area contributed by atoms with Crippen LogP contribution in [0.15, 0.2) is 0 Å². The van der Waals surface area contributed by atoms with Crippen LogP contribution in [0.25, 0.3) is 0 Å². The Kier molecular flexibility index (Phi) is 12.8. The van der Waals surface area contributed by atoms with Crippen molar-refractivity contribution < 1.29 is 0 Å². The van der Waals surface area contributed by atoms with Gasteiger partial charge in [0.25, 0.3) is 0 Å². The van der Waals surface area contributed by atoms with Gasteiger partial charge < -0.3 is 0 Å². The summed E-state index contributed by atoms with van der Waals surface area (Å²) in [5, 5.41) is 0.476. The van der Waals surface area contributed by atoms with E-state index in [4.69, 9.17) is 11.6 Å². The van der Waals surface area contributed by atoms with Gasteiger partial charge in [0.1, 0.15) is 0 Å². The molecular weight excluding hydrogens is 276 g/mol. The van der Waals surface area contributed by atoms with Crippen LogP contribution in [0.1, 0.15) is 116 Å². The molecule has 1 atom stereocenters. The molecule has 1 saturated carbocycles. The van der Waals surface area contributed by atoms with Crippen LogP contribution in [0, 0.1) is 5.92 Å². The van der Waals surface area contributed by atoms with Crippen LogP contribution in [0.5, 0.6) is 0 Å². The second-order valence-electron chi connectivity index (χ2n) is 7.24. The predicted octanol–water partition coefficient (Wildman–Crippen LogP) is 7.88. The van der Waals surface area contributed by atoms with Crippen molar-refractivity contribution in [1.29, 1.82) is 0 Å². The molecular formula is C20H39Cl. The molecule has 21 heavy (non-hydrogen) atoms. The van der Waals surface area contributed by atoms with Gasteiger partial charge >= 0.3 is 0 Å². The molecule has 0 aliphatic heterocycles. The first-order valence-electron chi connectivity index (χ1n) is 9.98. The lowest BCUT2D eigenvalue weighted by Crippen LogP contribution is -2.17. The van der Waals surface area contributed by atoms with E-state index in [1.807, 2.05) is 0 Å². The van der Waals surface area contributed by atoms with Gasteiger partial charge in [-0.3, -0.25) is 0 Å². The highest BCUT2D eigenvalue weighted by Crippen LogP contribution is 2.31. The summed E-state index contributed by atoms with van der Waals surface area (Å²) < 4.78 is 0. The SMILES string of the molecule is CCCCCCCCCCCCCC(Cl)C1CCCCC1. The van der Waals surface area contributed by atoms with Crippen molar-refractivity contribution in [2.45, 2.75) is 121 Å². The molecule has 0 heterocycles. The fourth-order valence-electron chi connectivity index (χ4n) is 3.74. The van der Waals surface area contributed by atoms with Crippen LogP contribution in [-0.2, 0) is 0 Å². The lowest BCUT2D eigenvalue weighted by Gasteiger charge is -2.26. The molecule has 0 N–H and O–H groups in total. The van der Waals surface area contributed by atoms with E-state index in [0.29, 0.717) is 5.38 Å². The highest BCUT2D eigenvalue weighted by Gasteiger charge is 2.20. The summed E-state index contributed by atoms with van der Waals surface area (Å²) in [6.45, 7) is 2.29. The first-order chi connectivity index (χ1) is 10.3.